The van der Waals surface area contributed by atoms with Crippen LogP contribution in [0.3, 0.4) is 0 Å². The molecule has 0 aromatic carbocycles. The third kappa shape index (κ3) is 25.9. The van der Waals surface area contributed by atoms with Crippen molar-refractivity contribution in [3.63, 3.8) is 0 Å². The van der Waals surface area contributed by atoms with Crippen molar-refractivity contribution in [1.29, 1.82) is 0 Å². The average Bonchev–Trinajstić information content (AvgIpc) is 2.68. The lowest BCUT2D eigenvalue weighted by Crippen LogP contribution is -2.44. The lowest BCUT2D eigenvalue weighted by Gasteiger charge is -2.34. The molecule has 0 aliphatic heterocycles. The van der Waals surface area contributed by atoms with E-state index in [0.717, 1.165) is 63.5 Å². The van der Waals surface area contributed by atoms with Gasteiger partial charge >= 0.3 is 11.9 Å². The van der Waals surface area contributed by atoms with Gasteiger partial charge in [-0.05, 0) is 76.8 Å². The van der Waals surface area contributed by atoms with Crippen molar-refractivity contribution in [3.8, 4) is 0 Å². The molecule has 0 heterocycles. The first-order valence-electron chi connectivity index (χ1n) is 11.8. The number of aliphatic hydroxyl groups excluding tert-OH is 2. The molecule has 0 unspecified atom stereocenters. The van der Waals surface area contributed by atoms with Crippen LogP contribution in [0.4, 0.5) is 0 Å². The molecule has 0 aliphatic carbocycles. The van der Waals surface area contributed by atoms with Gasteiger partial charge < -0.3 is 23.8 Å². The Balaban J connectivity index is -0.00000150. The molecule has 7 nitrogen and oxygen atoms in total. The highest BCUT2D eigenvalue weighted by molar-refractivity contribution is 6.84. The highest BCUT2D eigenvalue weighted by Gasteiger charge is 2.32. The summed E-state index contributed by atoms with van der Waals surface area (Å²) in [7, 11) is -3.68. The van der Waals surface area contributed by atoms with Crippen LogP contribution in [0.2, 0.25) is 38.3 Å². The van der Waals surface area contributed by atoms with E-state index in [2.05, 4.69) is 26.2 Å². The first-order valence-corrected chi connectivity index (χ1v) is 18.1. The average molecular weight is 527 g/mol. The summed E-state index contributed by atoms with van der Waals surface area (Å²) in [6.45, 7) is 10.1. The van der Waals surface area contributed by atoms with E-state index in [1.807, 2.05) is 0 Å². The van der Waals surface area contributed by atoms with Gasteiger partial charge in [-0.1, -0.05) is 35.1 Å². The van der Waals surface area contributed by atoms with Crippen LogP contribution in [0.1, 0.15) is 86.5 Å². The number of ether oxygens (including phenoxy) is 2. The minimum atomic E-state index is -1.84. The monoisotopic (exact) mass is 526 g/mol. The third-order valence-electron chi connectivity index (χ3n) is 5.00. The Kier molecular flexibility index (Phi) is 28.5. The van der Waals surface area contributed by atoms with Crippen molar-refractivity contribution in [2.45, 2.75) is 125 Å². The van der Waals surface area contributed by atoms with E-state index in [1.165, 1.54) is 0 Å². The van der Waals surface area contributed by atoms with Gasteiger partial charge in [0.05, 0.1) is 13.2 Å². The fraction of sp³-hybridized carbons (Fsp3) is 0.920. The van der Waals surface area contributed by atoms with Crippen molar-refractivity contribution in [2.75, 3.05) is 26.4 Å². The van der Waals surface area contributed by atoms with Crippen LogP contribution in [0.15, 0.2) is 0 Å². The normalized spacial score (nSPS) is 11.0. The molecule has 9 heteroatoms. The molecule has 34 heavy (non-hydrogen) atoms. The van der Waals surface area contributed by atoms with E-state index in [9.17, 15) is 9.59 Å². The van der Waals surface area contributed by atoms with Crippen molar-refractivity contribution < 1.29 is 33.4 Å². The molecule has 0 spiro atoms. The van der Waals surface area contributed by atoms with Crippen LogP contribution in [-0.4, -0.2) is 65.2 Å². The molecule has 0 fully saturated rings. The highest BCUT2D eigenvalue weighted by Crippen LogP contribution is 2.24. The number of carbonyl (C=O) groups excluding carboxylic acids is 2. The second-order valence-electron chi connectivity index (χ2n) is 9.34. The van der Waals surface area contributed by atoms with Crippen LogP contribution < -0.4 is 0 Å². The summed E-state index contributed by atoms with van der Waals surface area (Å²) in [6.07, 6.45) is 7.18. The maximum absolute atomic E-state index is 11.7. The molecule has 0 aliphatic rings. The van der Waals surface area contributed by atoms with Crippen LogP contribution in [0.25, 0.3) is 0 Å². The molecule has 0 aromatic heterocycles. The summed E-state index contributed by atoms with van der Waals surface area (Å²) < 4.78 is 17.2. The zero-order chi connectivity index (χ0) is 23.6. The predicted molar refractivity (Wildman–Crippen MR) is 148 cm³/mol. The molecule has 0 atom stereocenters. The molecule has 2 N–H and O–H groups in total. The third-order valence-corrected chi connectivity index (χ3v) is 12.5. The molecule has 208 valence electrons. The Morgan fingerprint density at radius 2 is 0.941 bits per heavy atom. The van der Waals surface area contributed by atoms with E-state index in [1.54, 1.807) is 0 Å². The van der Waals surface area contributed by atoms with Crippen LogP contribution >= 0.6 is 0 Å². The second-order valence-corrected chi connectivity index (χ2v) is 18.2. The molecular formula is C25H58O7Si2. The van der Waals surface area contributed by atoms with Gasteiger partial charge in [0.2, 0.25) is 0 Å². The fourth-order valence-electron chi connectivity index (χ4n) is 3.48. The summed E-state index contributed by atoms with van der Waals surface area (Å²) in [5.41, 5.74) is 0. The van der Waals surface area contributed by atoms with E-state index < -0.39 is 16.6 Å². The van der Waals surface area contributed by atoms with Crippen LogP contribution in [0, 0.1) is 0 Å². The summed E-state index contributed by atoms with van der Waals surface area (Å²) in [4.78, 5) is 23.4. The number of esters is 2. The number of hydrogen-bond acceptors (Lipinski definition) is 7. The summed E-state index contributed by atoms with van der Waals surface area (Å²) in [5, 5.41) is 17.5. The van der Waals surface area contributed by atoms with Gasteiger partial charge in [-0.15, -0.1) is 0 Å². The molecule has 0 radical (unpaired) electrons. The number of hydrogen-bond donors (Lipinski definition) is 2. The minimum absolute atomic E-state index is 0. The van der Waals surface area contributed by atoms with Gasteiger partial charge in [0.15, 0.2) is 16.6 Å². The first-order chi connectivity index (χ1) is 14.6. The highest BCUT2D eigenvalue weighted by atomic mass is 28.4. The van der Waals surface area contributed by atoms with Crippen molar-refractivity contribution >= 4 is 28.6 Å². The van der Waals surface area contributed by atoms with Crippen LogP contribution in [0.5, 0.6) is 0 Å². The molecule has 0 rings (SSSR count). The quantitative estimate of drug-likeness (QED) is 0.109. The second kappa shape index (κ2) is 24.0. The van der Waals surface area contributed by atoms with Gasteiger partial charge in [0.25, 0.3) is 0 Å². The van der Waals surface area contributed by atoms with Crippen molar-refractivity contribution in [2.24, 2.45) is 0 Å². The lowest BCUT2D eigenvalue weighted by atomic mass is 10.2. The van der Waals surface area contributed by atoms with Gasteiger partial charge in [-0.3, -0.25) is 9.59 Å². The topological polar surface area (TPSA) is 102 Å². The van der Waals surface area contributed by atoms with E-state index in [4.69, 9.17) is 23.8 Å². The lowest BCUT2D eigenvalue weighted by molar-refractivity contribution is -0.144. The molecule has 0 aromatic rings. The smallest absolute Gasteiger partial charge is 0.305 e. The summed E-state index contributed by atoms with van der Waals surface area (Å²) in [5.74, 6) is -0.313. The Bertz CT molecular complexity index is 444. The minimum Gasteiger partial charge on any atom is -0.466 e. The number of aliphatic hydroxyl groups is 2. The molecule has 0 amide bonds. The Morgan fingerprint density at radius 1 is 0.588 bits per heavy atom. The first kappa shape index (κ1) is 40.4. The van der Waals surface area contributed by atoms with Gasteiger partial charge in [-0.2, -0.15) is 0 Å². The van der Waals surface area contributed by atoms with E-state index in [-0.39, 0.29) is 47.4 Å². The Morgan fingerprint density at radius 3 is 1.26 bits per heavy atom. The van der Waals surface area contributed by atoms with Crippen LogP contribution in [-0.2, 0) is 23.2 Å². The number of rotatable bonds is 20. The molecular weight excluding hydrogens is 468 g/mol. The standard InChI is InChI=1S/C22H46O7Si2.3CH4/c1-30(2,19-11-17-27-21(25)13-7-5-9-15-23)29-31(3,4)20-12-18-28-22(26)14-8-6-10-16-24;;;/h23-24H,5-20H2,1-4H3;3*1H4. The van der Waals surface area contributed by atoms with Crippen molar-refractivity contribution in [3.05, 3.63) is 0 Å². The maximum Gasteiger partial charge on any atom is 0.305 e. The maximum atomic E-state index is 11.7. The summed E-state index contributed by atoms with van der Waals surface area (Å²) in [6, 6.07) is 1.90. The van der Waals surface area contributed by atoms with Gasteiger partial charge in [-0.25, -0.2) is 0 Å². The SMILES string of the molecule is C.C.C.C[Si](C)(CCCOC(=O)CCCCCO)O[Si](C)(C)CCCOC(=O)CCCCCO. The predicted octanol–water partition coefficient (Wildman–Crippen LogP) is 6.29. The summed E-state index contributed by atoms with van der Waals surface area (Å²) >= 11 is 0. The molecule has 0 bridgehead atoms. The van der Waals surface area contributed by atoms with Gasteiger partial charge in [0.1, 0.15) is 0 Å². The number of carbonyl (C=O) groups is 2. The molecule has 0 saturated carbocycles. The largest absolute Gasteiger partial charge is 0.466 e. The fourth-order valence-corrected chi connectivity index (χ4v) is 12.3. The van der Waals surface area contributed by atoms with E-state index in [0.29, 0.717) is 26.1 Å². The zero-order valence-electron chi connectivity index (χ0n) is 20.2. The molecule has 0 saturated heterocycles. The van der Waals surface area contributed by atoms with Gasteiger partial charge in [0, 0.05) is 26.1 Å². The zero-order valence-corrected chi connectivity index (χ0v) is 22.2. The Hall–Kier alpha value is -0.746. The van der Waals surface area contributed by atoms with E-state index >= 15 is 0 Å². The Labute approximate surface area is 213 Å². The number of unbranched alkanes of at least 4 members (excludes halogenated alkanes) is 4. The van der Waals surface area contributed by atoms with Crippen molar-refractivity contribution in [1.82, 2.24) is 0 Å².